The molecule has 1 atom stereocenters. The van der Waals surface area contributed by atoms with E-state index in [0.717, 1.165) is 4.47 Å². The largest absolute Gasteiger partial charge is 0.298 e. The summed E-state index contributed by atoms with van der Waals surface area (Å²) in [5.41, 5.74) is 1.30. The first-order valence-electron chi connectivity index (χ1n) is 6.82. The van der Waals surface area contributed by atoms with Gasteiger partial charge in [-0.3, -0.25) is 5.32 Å². The van der Waals surface area contributed by atoms with Gasteiger partial charge in [0.2, 0.25) is 0 Å². The summed E-state index contributed by atoms with van der Waals surface area (Å²) in [5, 5.41) is 8.04. The Labute approximate surface area is 141 Å². The van der Waals surface area contributed by atoms with Crippen LogP contribution in [0.25, 0.3) is 0 Å². The molecule has 0 aliphatic heterocycles. The van der Waals surface area contributed by atoms with E-state index in [1.807, 2.05) is 0 Å². The van der Waals surface area contributed by atoms with Crippen LogP contribution in [0.3, 0.4) is 0 Å². The lowest BCUT2D eigenvalue weighted by atomic mass is 10.1. The van der Waals surface area contributed by atoms with Crippen molar-refractivity contribution in [1.82, 2.24) is 5.32 Å². The predicted octanol–water partition coefficient (Wildman–Crippen LogP) is 6.01. The number of nitrogens with one attached hydrogen (secondary N) is 1. The van der Waals surface area contributed by atoms with Crippen molar-refractivity contribution < 1.29 is 0 Å². The van der Waals surface area contributed by atoms with Crippen LogP contribution in [0, 0.1) is 0 Å². The van der Waals surface area contributed by atoms with Crippen molar-refractivity contribution in [2.45, 2.75) is 19.0 Å². The summed E-state index contributed by atoms with van der Waals surface area (Å²) in [6.45, 7) is 2.22. The minimum Gasteiger partial charge on any atom is -0.298 e. The molecule has 0 aliphatic rings. The van der Waals surface area contributed by atoms with E-state index in [2.05, 4.69) is 87.5 Å². The zero-order valence-corrected chi connectivity index (χ0v) is 14.8. The molecular weight excluding hydrogens is 362 g/mol. The predicted molar refractivity (Wildman–Crippen MR) is 96.2 cm³/mol. The zero-order chi connectivity index (χ0) is 14.7. The number of benzene rings is 1. The van der Waals surface area contributed by atoms with Gasteiger partial charge in [-0.2, -0.15) is 0 Å². The fraction of sp³-hybridized carbons (Fsp3) is 0.176. The highest BCUT2D eigenvalue weighted by molar-refractivity contribution is 9.10. The summed E-state index contributed by atoms with van der Waals surface area (Å²) >= 11 is 7.10. The quantitative estimate of drug-likeness (QED) is 0.573. The molecule has 2 aromatic heterocycles. The van der Waals surface area contributed by atoms with E-state index >= 15 is 0 Å². The van der Waals surface area contributed by atoms with Crippen molar-refractivity contribution >= 4 is 38.6 Å². The Morgan fingerprint density at radius 3 is 1.95 bits per heavy atom. The van der Waals surface area contributed by atoms with Crippen LogP contribution in [0.2, 0.25) is 0 Å². The SMILES string of the molecule is C[C@H](NC(c1cccs1)c1cccs1)c1ccc(Br)cc1. The first-order valence-corrected chi connectivity index (χ1v) is 9.37. The molecular formula is C17H16BrNS2. The summed E-state index contributed by atoms with van der Waals surface area (Å²) < 4.78 is 1.12. The third-order valence-corrected chi connectivity index (χ3v) is 5.85. The van der Waals surface area contributed by atoms with Crippen LogP contribution in [0.4, 0.5) is 0 Å². The number of halogens is 1. The van der Waals surface area contributed by atoms with Gasteiger partial charge in [0, 0.05) is 20.3 Å². The Bertz CT molecular complexity index is 625. The van der Waals surface area contributed by atoms with Gasteiger partial charge in [-0.05, 0) is 47.5 Å². The van der Waals surface area contributed by atoms with E-state index in [4.69, 9.17) is 0 Å². The minimum atomic E-state index is 0.267. The van der Waals surface area contributed by atoms with Crippen LogP contribution in [-0.4, -0.2) is 0 Å². The molecule has 108 valence electrons. The summed E-state index contributed by atoms with van der Waals surface area (Å²) in [6, 6.07) is 17.7. The second-order valence-electron chi connectivity index (χ2n) is 4.90. The van der Waals surface area contributed by atoms with E-state index in [9.17, 15) is 0 Å². The molecule has 2 heterocycles. The maximum absolute atomic E-state index is 3.76. The maximum Gasteiger partial charge on any atom is 0.0769 e. The first-order chi connectivity index (χ1) is 10.2. The molecule has 1 nitrogen and oxygen atoms in total. The molecule has 3 aromatic rings. The molecule has 0 aliphatic carbocycles. The number of hydrogen-bond donors (Lipinski definition) is 1. The molecule has 4 heteroatoms. The third-order valence-electron chi connectivity index (χ3n) is 3.44. The lowest BCUT2D eigenvalue weighted by Crippen LogP contribution is -2.24. The highest BCUT2D eigenvalue weighted by Gasteiger charge is 2.19. The van der Waals surface area contributed by atoms with Crippen molar-refractivity contribution in [2.75, 3.05) is 0 Å². The van der Waals surface area contributed by atoms with Gasteiger partial charge < -0.3 is 0 Å². The van der Waals surface area contributed by atoms with Crippen LogP contribution in [0.1, 0.15) is 34.3 Å². The normalized spacial score (nSPS) is 12.7. The van der Waals surface area contributed by atoms with Gasteiger partial charge in [0.25, 0.3) is 0 Å². The van der Waals surface area contributed by atoms with Crippen LogP contribution < -0.4 is 5.32 Å². The second kappa shape index (κ2) is 6.88. The molecule has 0 amide bonds. The first kappa shape index (κ1) is 15.0. The fourth-order valence-electron chi connectivity index (χ4n) is 2.31. The van der Waals surface area contributed by atoms with Gasteiger partial charge >= 0.3 is 0 Å². The highest BCUT2D eigenvalue weighted by Crippen LogP contribution is 2.31. The summed E-state index contributed by atoms with van der Waals surface area (Å²) in [6.07, 6.45) is 0. The van der Waals surface area contributed by atoms with E-state index < -0.39 is 0 Å². The van der Waals surface area contributed by atoms with Gasteiger partial charge in [0.05, 0.1) is 6.04 Å². The summed E-state index contributed by atoms with van der Waals surface area (Å²) in [4.78, 5) is 2.72. The van der Waals surface area contributed by atoms with Crippen molar-refractivity contribution in [2.24, 2.45) is 0 Å². The molecule has 0 fully saturated rings. The van der Waals surface area contributed by atoms with E-state index in [1.165, 1.54) is 15.3 Å². The van der Waals surface area contributed by atoms with Gasteiger partial charge in [-0.1, -0.05) is 40.2 Å². The van der Waals surface area contributed by atoms with Crippen molar-refractivity contribution in [3.63, 3.8) is 0 Å². The Morgan fingerprint density at radius 1 is 0.905 bits per heavy atom. The van der Waals surface area contributed by atoms with E-state index in [-0.39, 0.29) is 6.04 Å². The fourth-order valence-corrected chi connectivity index (χ4v) is 4.26. The highest BCUT2D eigenvalue weighted by atomic mass is 79.9. The molecule has 0 bridgehead atoms. The molecule has 0 saturated carbocycles. The molecule has 0 spiro atoms. The Morgan fingerprint density at radius 2 is 1.48 bits per heavy atom. The van der Waals surface area contributed by atoms with Crippen LogP contribution in [-0.2, 0) is 0 Å². The molecule has 0 radical (unpaired) electrons. The van der Waals surface area contributed by atoms with Crippen LogP contribution in [0.5, 0.6) is 0 Å². The Kier molecular flexibility index (Phi) is 4.91. The number of rotatable bonds is 5. The van der Waals surface area contributed by atoms with E-state index in [1.54, 1.807) is 22.7 Å². The van der Waals surface area contributed by atoms with Crippen molar-refractivity contribution in [3.05, 3.63) is 79.1 Å². The average Bonchev–Trinajstić information content (AvgIpc) is 3.19. The topological polar surface area (TPSA) is 12.0 Å². The summed E-state index contributed by atoms with van der Waals surface area (Å²) in [7, 11) is 0. The Balaban J connectivity index is 1.83. The zero-order valence-electron chi connectivity index (χ0n) is 11.6. The summed E-state index contributed by atoms with van der Waals surface area (Å²) in [5.74, 6) is 0. The standard InChI is InChI=1S/C17H16BrNS2/c1-12(13-6-8-14(18)9-7-13)19-17(15-4-2-10-20-15)16-5-3-11-21-16/h2-12,17,19H,1H3/t12-/m0/s1. The molecule has 21 heavy (non-hydrogen) atoms. The maximum atomic E-state index is 3.76. The second-order valence-corrected chi connectivity index (χ2v) is 7.78. The Hall–Kier alpha value is -0.940. The third kappa shape index (κ3) is 3.64. The van der Waals surface area contributed by atoms with Crippen molar-refractivity contribution in [3.8, 4) is 0 Å². The lowest BCUT2D eigenvalue weighted by molar-refractivity contribution is 0.526. The monoisotopic (exact) mass is 377 g/mol. The van der Waals surface area contributed by atoms with Gasteiger partial charge in [-0.25, -0.2) is 0 Å². The van der Waals surface area contributed by atoms with Crippen LogP contribution in [0.15, 0.2) is 63.8 Å². The van der Waals surface area contributed by atoms with Gasteiger partial charge in [0.1, 0.15) is 0 Å². The number of thiophene rings is 2. The van der Waals surface area contributed by atoms with E-state index in [0.29, 0.717) is 6.04 Å². The molecule has 1 N–H and O–H groups in total. The molecule has 3 rings (SSSR count). The molecule has 1 aromatic carbocycles. The smallest absolute Gasteiger partial charge is 0.0769 e. The average molecular weight is 378 g/mol. The number of hydrogen-bond acceptors (Lipinski definition) is 3. The van der Waals surface area contributed by atoms with Crippen molar-refractivity contribution in [1.29, 1.82) is 0 Å². The van der Waals surface area contributed by atoms with Gasteiger partial charge in [0.15, 0.2) is 0 Å². The minimum absolute atomic E-state index is 0.267. The molecule has 0 unspecified atom stereocenters. The molecule has 0 saturated heterocycles. The lowest BCUT2D eigenvalue weighted by Gasteiger charge is -2.22. The van der Waals surface area contributed by atoms with Crippen LogP contribution >= 0.6 is 38.6 Å². The van der Waals surface area contributed by atoms with Gasteiger partial charge in [-0.15, -0.1) is 22.7 Å².